The lowest BCUT2D eigenvalue weighted by Crippen LogP contribution is -2.71. The van der Waals surface area contributed by atoms with Gasteiger partial charge in [-0.2, -0.15) is 0 Å². The zero-order valence-corrected chi connectivity index (χ0v) is 80.4. The molecular weight excluding hydrogens is 1850 g/mol. The van der Waals surface area contributed by atoms with E-state index in [9.17, 15) is 141 Å². The molecule has 27 N–H and O–H groups in total. The number of aliphatic hydroxyl groups is 22. The number of unbranched alkanes of at least 4 members (excludes halogenated alkanes) is 28. The molecule has 46 nitrogen and oxygen atoms in total. The number of hydrogen-bond acceptors (Lipinski definition) is 41. The van der Waals surface area contributed by atoms with Crippen molar-refractivity contribution in [3.8, 4) is 0 Å². The molecule has 46 heteroatoms. The SMILES string of the molecule is CCCCCCCC/C=C\CCCCCCCCCCCCCC(=O)N[C@@H](CO[C@@H]1OC(CO)[C@@H](O[C@@H]2OC(CO)[C@H](O[C@@H]3OC(CO)[C@H](O)[C@H](O[C@@H]4OC(CO)[C@H](O)[C@H](O[C@@H]5OC(CO)[C@@H](O[C@@H]6OC(CO)[C@H](O)[C@H](O[C@]7(C(=O)O)CC(O)[C@@H](NC(=O)CO)C([C@H](O)[C@H](O)CO)O7)C6O)[C@H](O)C5NC(C)=O)C4O)C3NC(C)=O)[C@H](O)C2O)[C@H](O)C1O)[C@H](O)/C=C/CCCCCCCCCCCCC. The van der Waals surface area contributed by atoms with Gasteiger partial charge in [-0.05, 0) is 44.9 Å². The molecule has 7 heterocycles. The maximum Gasteiger partial charge on any atom is 0.364 e. The second kappa shape index (κ2) is 63.8. The molecule has 4 amide bonds. The molecule has 808 valence electrons. The number of allylic oxidation sites excluding steroid dienone is 3. The van der Waals surface area contributed by atoms with Crippen LogP contribution in [0.3, 0.4) is 0 Å². The number of carbonyl (C=O) groups is 5. The Labute approximate surface area is 811 Å². The number of aliphatic carboxylic acids is 1. The van der Waals surface area contributed by atoms with E-state index in [4.69, 9.17) is 66.3 Å². The van der Waals surface area contributed by atoms with E-state index in [1.54, 1.807) is 6.08 Å². The molecule has 0 saturated carbocycles. The highest BCUT2D eigenvalue weighted by atomic mass is 16.8. The zero-order chi connectivity index (χ0) is 102. The van der Waals surface area contributed by atoms with Crippen molar-refractivity contribution in [2.75, 3.05) is 59.5 Å². The second-order valence-corrected chi connectivity index (χ2v) is 37.4. The maximum atomic E-state index is 13.6. The fourth-order valence-electron chi connectivity index (χ4n) is 18.5. The van der Waals surface area contributed by atoms with Crippen LogP contribution in [0.4, 0.5) is 0 Å². The lowest BCUT2D eigenvalue weighted by molar-refractivity contribution is -0.391. The highest BCUT2D eigenvalue weighted by Crippen LogP contribution is 2.42. The number of hydrogen-bond donors (Lipinski definition) is 27. The molecule has 139 heavy (non-hydrogen) atoms. The minimum absolute atomic E-state index is 0.150. The van der Waals surface area contributed by atoms with Crippen LogP contribution in [0.25, 0.3) is 0 Å². The summed E-state index contributed by atoms with van der Waals surface area (Å²) in [5.74, 6) is -8.95. The van der Waals surface area contributed by atoms with E-state index < -0.39 is 322 Å². The first-order chi connectivity index (χ1) is 66.7. The van der Waals surface area contributed by atoms with Crippen LogP contribution in [0.5, 0.6) is 0 Å². The van der Waals surface area contributed by atoms with Gasteiger partial charge in [-0.1, -0.05) is 192 Å². The number of rotatable bonds is 65. The minimum Gasteiger partial charge on any atom is -0.477 e. The molecule has 0 bridgehead atoms. The third-order valence-corrected chi connectivity index (χ3v) is 26.5. The quantitative estimate of drug-likeness (QED) is 0.0203. The van der Waals surface area contributed by atoms with Crippen molar-refractivity contribution in [3.63, 3.8) is 0 Å². The molecule has 7 fully saturated rings. The van der Waals surface area contributed by atoms with Gasteiger partial charge in [0, 0.05) is 26.7 Å². The molecule has 0 aliphatic carbocycles. The first-order valence-corrected chi connectivity index (χ1v) is 49.9. The summed E-state index contributed by atoms with van der Waals surface area (Å²) in [5.41, 5.74) is 0. The van der Waals surface area contributed by atoms with Gasteiger partial charge in [-0.3, -0.25) is 19.2 Å². The number of ether oxygens (including phenoxy) is 14. The minimum atomic E-state index is -3.31. The molecule has 7 aliphatic rings. The van der Waals surface area contributed by atoms with E-state index in [1.807, 2.05) is 6.08 Å². The Balaban J connectivity index is 0.986. The Hall–Kier alpha value is -4.61. The van der Waals surface area contributed by atoms with Gasteiger partial charge in [0.15, 0.2) is 37.7 Å². The number of amides is 4. The largest absolute Gasteiger partial charge is 0.477 e. The molecule has 7 saturated heterocycles. The van der Waals surface area contributed by atoms with Crippen LogP contribution in [-0.2, 0) is 90.3 Å². The summed E-state index contributed by atoms with van der Waals surface area (Å²) in [7, 11) is 0. The topological polar surface area (TPSA) is 728 Å². The van der Waals surface area contributed by atoms with E-state index in [2.05, 4.69) is 47.3 Å². The molecule has 0 spiro atoms. The van der Waals surface area contributed by atoms with Crippen LogP contribution in [0.15, 0.2) is 24.3 Å². The molecule has 0 aromatic carbocycles. The van der Waals surface area contributed by atoms with Gasteiger partial charge in [-0.25, -0.2) is 4.79 Å². The Morgan fingerprint density at radius 2 is 0.748 bits per heavy atom. The van der Waals surface area contributed by atoms with Gasteiger partial charge in [0.1, 0.15) is 171 Å². The van der Waals surface area contributed by atoms with Crippen molar-refractivity contribution < 1.29 is 208 Å². The highest BCUT2D eigenvalue weighted by Gasteiger charge is 2.63. The maximum absolute atomic E-state index is 13.6. The Bertz CT molecular complexity index is 3480. The average Bonchev–Trinajstić information content (AvgIpc) is 0.745. The summed E-state index contributed by atoms with van der Waals surface area (Å²) in [6, 6.07) is -6.86. The van der Waals surface area contributed by atoms with Gasteiger partial charge < -0.3 is 205 Å². The van der Waals surface area contributed by atoms with Gasteiger partial charge in [0.25, 0.3) is 5.79 Å². The smallest absolute Gasteiger partial charge is 0.364 e. The van der Waals surface area contributed by atoms with Crippen molar-refractivity contribution >= 4 is 29.6 Å². The number of carbonyl (C=O) groups excluding carboxylic acids is 4. The predicted molar refractivity (Wildman–Crippen MR) is 484 cm³/mol. The first kappa shape index (κ1) is 121. The lowest BCUT2D eigenvalue weighted by atomic mass is 9.88. The standard InChI is InChI=1S/C93H164N4O42/c1-5-7-9-11-13-15-17-19-20-21-22-23-24-25-26-28-30-32-34-36-38-40-63(111)96-53(54(108)39-37-35-33-31-29-27-18-16-14-12-10-8-6-2)50-126-88-75(120)73(118)81(61(47-103)131-88)135-89-76(121)74(119)80(62(48-104)132-89)133-87-67(95-52(4)107)82(69(114)57(43-99)127-87)136-90-77(122)84(70(115)58(44-100)128-90)137-86-66(94-51(3)106)72(117)79(60(46-102)130-86)134-91-78(123)85(71(116)59(45-101)129-91)139-93(92(124)125)41-55(109)65(97-64(112)49-105)83(138-93)68(113)56(110)42-98/h19-20,37,39,53-62,65-91,98-105,108-110,113-123H,5-18,21-36,38,40-50H2,1-4H3,(H,94,106)(H,95,107)(H,96,111)(H,97,112)(H,124,125)/b20-19-,39-37+/t53-,54+,55?,56+,57?,58?,59?,60?,61?,62?,65+,66?,67?,68+,69-,70-,71-,72+,73+,74+,75?,76?,77?,78?,79+,80-,81+,82+,83?,84-,85-,86-,87-,88+,89-,90-,91-,93-/m0/s1. The molecule has 14 unspecified atom stereocenters. The first-order valence-electron chi connectivity index (χ1n) is 49.9. The van der Waals surface area contributed by atoms with Gasteiger partial charge in [0.05, 0.1) is 77.1 Å². The Morgan fingerprint density at radius 3 is 1.21 bits per heavy atom. The second-order valence-electron chi connectivity index (χ2n) is 37.4. The van der Waals surface area contributed by atoms with Crippen LogP contribution in [0, 0.1) is 0 Å². The van der Waals surface area contributed by atoms with Crippen molar-refractivity contribution in [2.45, 2.75) is 472 Å². The van der Waals surface area contributed by atoms with Crippen LogP contribution >= 0.6 is 0 Å². The molecule has 0 aromatic heterocycles. The average molecular weight is 2010 g/mol. The van der Waals surface area contributed by atoms with E-state index in [1.165, 1.54) is 122 Å². The third kappa shape index (κ3) is 36.4. The fourth-order valence-corrected chi connectivity index (χ4v) is 18.5. The molecular formula is C93H164N4O42. The summed E-state index contributed by atoms with van der Waals surface area (Å²) < 4.78 is 83.1. The van der Waals surface area contributed by atoms with Gasteiger partial charge in [-0.15, -0.1) is 0 Å². The van der Waals surface area contributed by atoms with Crippen LogP contribution in [0.1, 0.15) is 240 Å². The van der Waals surface area contributed by atoms with Crippen molar-refractivity contribution in [2.24, 2.45) is 0 Å². The molecule has 38 atom stereocenters. The monoisotopic (exact) mass is 2010 g/mol. The van der Waals surface area contributed by atoms with Crippen molar-refractivity contribution in [1.82, 2.24) is 21.3 Å². The number of carboxylic acids is 1. The molecule has 7 rings (SSSR count). The van der Waals surface area contributed by atoms with Crippen molar-refractivity contribution in [3.05, 3.63) is 24.3 Å². The van der Waals surface area contributed by atoms with Crippen LogP contribution < -0.4 is 21.3 Å². The fraction of sp³-hybridized carbons (Fsp3) is 0.903. The molecule has 7 aliphatic heterocycles. The molecule has 0 aromatic rings. The van der Waals surface area contributed by atoms with Crippen LogP contribution in [0.2, 0.25) is 0 Å². The van der Waals surface area contributed by atoms with E-state index >= 15 is 0 Å². The number of carboxylic acid groups (broad SMARTS) is 1. The summed E-state index contributed by atoms with van der Waals surface area (Å²) in [4.78, 5) is 65.5. The van der Waals surface area contributed by atoms with Crippen molar-refractivity contribution in [1.29, 1.82) is 0 Å². The van der Waals surface area contributed by atoms with E-state index in [0.29, 0.717) is 12.8 Å². The normalized spacial score (nSPS) is 36.1. The van der Waals surface area contributed by atoms with Gasteiger partial charge >= 0.3 is 5.97 Å². The number of nitrogens with one attached hydrogen (secondary N) is 4. The summed E-state index contributed by atoms with van der Waals surface area (Å²) >= 11 is 0. The summed E-state index contributed by atoms with van der Waals surface area (Å²) in [6.07, 6.45) is -26.8. The lowest BCUT2D eigenvalue weighted by Gasteiger charge is -2.51. The van der Waals surface area contributed by atoms with Gasteiger partial charge in [0.2, 0.25) is 23.6 Å². The number of aliphatic hydroxyl groups excluding tert-OH is 22. The highest BCUT2D eigenvalue weighted by molar-refractivity contribution is 5.78. The Kier molecular flexibility index (Phi) is 55.7. The Morgan fingerprint density at radius 1 is 0.381 bits per heavy atom. The molecule has 0 radical (unpaired) electrons. The predicted octanol–water partition coefficient (Wildman–Crippen LogP) is -4.16. The summed E-state index contributed by atoms with van der Waals surface area (Å²) in [6.45, 7) is -3.32. The van der Waals surface area contributed by atoms with E-state index in [0.717, 1.165) is 78.1 Å². The summed E-state index contributed by atoms with van der Waals surface area (Å²) in [5, 5.41) is 267. The van der Waals surface area contributed by atoms with E-state index in [-0.39, 0.29) is 12.3 Å². The zero-order valence-electron chi connectivity index (χ0n) is 80.4. The van der Waals surface area contributed by atoms with Crippen LogP contribution in [-0.4, -0.2) is 439 Å². The third-order valence-electron chi connectivity index (χ3n) is 26.5.